The first kappa shape index (κ1) is 31.1. The van der Waals surface area contributed by atoms with Crippen molar-refractivity contribution in [2.75, 3.05) is 11.9 Å². The lowest BCUT2D eigenvalue weighted by Gasteiger charge is -2.54. The number of hydrogen-bond donors (Lipinski definition) is 1. The highest BCUT2D eigenvalue weighted by atomic mass is 35.5. The Bertz CT molecular complexity index is 1760. The average molecular weight is 694 g/mol. The van der Waals surface area contributed by atoms with E-state index in [1.165, 1.54) is 4.90 Å². The fraction of sp³-hybridized carbons (Fsp3) is 0.250. The number of carbonyl (C=O) groups excluding carboxylic acids is 3. The molecule has 0 radical (unpaired) electrons. The SMILES string of the molecule is O=C(CCCCCN1C(=O)[C@@H]2[C@@H](C1=O)C1(Cl)c3ccccc3C2(Cl)c2ccccc21)Nc1ccc(Oc2ccc(Cl)cc2Cl)cc1. The molecule has 0 unspecified atom stereocenters. The van der Waals surface area contributed by atoms with Crippen LogP contribution in [0.5, 0.6) is 11.5 Å². The van der Waals surface area contributed by atoms with Crippen LogP contribution in [0.2, 0.25) is 10.0 Å². The topological polar surface area (TPSA) is 75.7 Å². The molecule has 46 heavy (non-hydrogen) atoms. The van der Waals surface area contributed by atoms with Crippen LogP contribution in [-0.2, 0) is 24.1 Å². The lowest BCUT2D eigenvalue weighted by atomic mass is 9.54. The molecule has 2 atom stereocenters. The van der Waals surface area contributed by atoms with E-state index in [9.17, 15) is 14.4 Å². The molecule has 1 heterocycles. The molecule has 3 amide bonds. The van der Waals surface area contributed by atoms with Crippen molar-refractivity contribution in [3.8, 4) is 11.5 Å². The summed E-state index contributed by atoms with van der Waals surface area (Å²) < 4.78 is 5.79. The van der Waals surface area contributed by atoms with Crippen LogP contribution in [-0.4, -0.2) is 29.2 Å². The van der Waals surface area contributed by atoms with Gasteiger partial charge in [0.05, 0.1) is 16.9 Å². The molecule has 3 aliphatic carbocycles. The number of ether oxygens (including phenoxy) is 1. The summed E-state index contributed by atoms with van der Waals surface area (Å²) in [4.78, 5) is 39.4. The zero-order chi connectivity index (χ0) is 32.2. The van der Waals surface area contributed by atoms with Crippen molar-refractivity contribution in [1.82, 2.24) is 4.90 Å². The molecule has 234 valence electrons. The van der Waals surface area contributed by atoms with Gasteiger partial charge in [-0.15, -0.1) is 23.2 Å². The number of hydrogen-bond acceptors (Lipinski definition) is 4. The standard InChI is InChI=1S/C36H28Cl4N2O4/c37-21-13-18-29(28(38)20-21)46-23-16-14-22(15-17-23)41-30(43)12-2-1-7-19-42-33(44)31-32(34(42)45)36(40)25-9-4-3-8-24(25)35(31,39)26-10-5-6-11-27(26)36/h3-6,8-11,13-18,20,31-32H,1-2,7,12,19H2,(H,41,43)/t31-,32-,35?,36?/m0/s1. The number of halogens is 4. The second kappa shape index (κ2) is 11.9. The lowest BCUT2D eigenvalue weighted by molar-refractivity contribution is -0.140. The van der Waals surface area contributed by atoms with Gasteiger partial charge >= 0.3 is 0 Å². The molecule has 4 aromatic carbocycles. The van der Waals surface area contributed by atoms with Crippen LogP contribution in [0.3, 0.4) is 0 Å². The van der Waals surface area contributed by atoms with E-state index in [0.717, 1.165) is 22.3 Å². The van der Waals surface area contributed by atoms with Crippen LogP contribution in [0.15, 0.2) is 91.0 Å². The summed E-state index contributed by atoms with van der Waals surface area (Å²) in [5.41, 5.74) is 3.78. The van der Waals surface area contributed by atoms with Crippen molar-refractivity contribution in [3.63, 3.8) is 0 Å². The van der Waals surface area contributed by atoms with E-state index in [2.05, 4.69) is 5.32 Å². The normalized spacial score (nSPS) is 24.0. The molecule has 4 aromatic rings. The molecule has 0 spiro atoms. The van der Waals surface area contributed by atoms with Crippen LogP contribution in [0.4, 0.5) is 5.69 Å². The molecule has 0 saturated carbocycles. The van der Waals surface area contributed by atoms with E-state index >= 15 is 0 Å². The summed E-state index contributed by atoms with van der Waals surface area (Å²) in [5, 5.41) is 3.80. The molecular formula is C36H28Cl4N2O4. The number of imide groups is 1. The fourth-order valence-electron chi connectivity index (χ4n) is 7.19. The molecule has 8 rings (SSSR count). The summed E-state index contributed by atoms with van der Waals surface area (Å²) >= 11 is 27.1. The third-order valence-corrected chi connectivity index (χ3v) is 11.0. The Morgan fingerprint density at radius 1 is 0.739 bits per heavy atom. The maximum atomic E-state index is 13.9. The first-order valence-corrected chi connectivity index (χ1v) is 16.6. The fourth-order valence-corrected chi connectivity index (χ4v) is 8.74. The quantitative estimate of drug-likeness (QED) is 0.108. The van der Waals surface area contributed by atoms with Crippen LogP contribution in [0.25, 0.3) is 0 Å². The zero-order valence-electron chi connectivity index (χ0n) is 24.4. The molecule has 4 aliphatic rings. The Kier molecular flexibility index (Phi) is 8.05. The minimum absolute atomic E-state index is 0.131. The van der Waals surface area contributed by atoms with Gasteiger partial charge in [-0.05, 0) is 77.6 Å². The van der Waals surface area contributed by atoms with Crippen molar-refractivity contribution >= 4 is 69.8 Å². The van der Waals surface area contributed by atoms with Crippen molar-refractivity contribution < 1.29 is 19.1 Å². The van der Waals surface area contributed by atoms with Crippen molar-refractivity contribution in [2.24, 2.45) is 11.8 Å². The molecular weight excluding hydrogens is 666 g/mol. The number of carbonyl (C=O) groups is 3. The zero-order valence-corrected chi connectivity index (χ0v) is 27.5. The number of unbranched alkanes of at least 4 members (excludes halogenated alkanes) is 2. The first-order chi connectivity index (χ1) is 22.1. The van der Waals surface area contributed by atoms with Gasteiger partial charge in [-0.25, -0.2) is 0 Å². The lowest BCUT2D eigenvalue weighted by Crippen LogP contribution is -2.57. The van der Waals surface area contributed by atoms with Gasteiger partial charge < -0.3 is 10.1 Å². The Labute approximate surface area is 286 Å². The number of nitrogens with zero attached hydrogens (tertiary/aromatic N) is 1. The molecule has 10 heteroatoms. The minimum atomic E-state index is -1.18. The number of alkyl halides is 2. The predicted octanol–water partition coefficient (Wildman–Crippen LogP) is 8.88. The number of amides is 3. The van der Waals surface area contributed by atoms with Crippen molar-refractivity contribution in [1.29, 1.82) is 0 Å². The molecule has 2 bridgehead atoms. The van der Waals surface area contributed by atoms with Crippen LogP contribution < -0.4 is 10.1 Å². The van der Waals surface area contributed by atoms with Gasteiger partial charge in [-0.3, -0.25) is 19.3 Å². The summed E-state index contributed by atoms with van der Waals surface area (Å²) in [6.45, 7) is 0.248. The van der Waals surface area contributed by atoms with E-state index in [4.69, 9.17) is 51.1 Å². The van der Waals surface area contributed by atoms with Gasteiger partial charge in [0.1, 0.15) is 21.2 Å². The predicted molar refractivity (Wildman–Crippen MR) is 180 cm³/mol. The second-order valence-corrected chi connectivity index (χ2v) is 13.9. The van der Waals surface area contributed by atoms with Crippen LogP contribution >= 0.6 is 46.4 Å². The number of rotatable bonds is 9. The summed E-state index contributed by atoms with van der Waals surface area (Å²) in [6.07, 6.45) is 2.12. The number of nitrogens with one attached hydrogen (secondary N) is 1. The Hall–Kier alpha value is -3.55. The molecule has 1 fully saturated rings. The van der Waals surface area contributed by atoms with Gasteiger partial charge in [0, 0.05) is 23.7 Å². The third kappa shape index (κ3) is 4.89. The minimum Gasteiger partial charge on any atom is -0.456 e. The molecule has 6 nitrogen and oxygen atoms in total. The smallest absolute Gasteiger partial charge is 0.235 e. The van der Waals surface area contributed by atoms with E-state index in [0.29, 0.717) is 52.9 Å². The monoisotopic (exact) mass is 692 g/mol. The van der Waals surface area contributed by atoms with E-state index in [1.807, 2.05) is 48.5 Å². The maximum Gasteiger partial charge on any atom is 0.235 e. The van der Waals surface area contributed by atoms with Crippen molar-refractivity contribution in [3.05, 3.63) is 123 Å². The average Bonchev–Trinajstić information content (AvgIpc) is 3.32. The highest BCUT2D eigenvalue weighted by molar-refractivity contribution is 6.36. The first-order valence-electron chi connectivity index (χ1n) is 15.1. The number of benzene rings is 4. The Morgan fingerprint density at radius 2 is 1.28 bits per heavy atom. The summed E-state index contributed by atoms with van der Waals surface area (Å²) in [7, 11) is 0. The highest BCUT2D eigenvalue weighted by Gasteiger charge is 2.72. The molecule has 1 aliphatic heterocycles. The number of likely N-dealkylation sites (tertiary alicyclic amines) is 1. The van der Waals surface area contributed by atoms with Crippen LogP contribution in [0, 0.1) is 11.8 Å². The molecule has 1 N–H and O–H groups in total. The molecule has 1 saturated heterocycles. The van der Waals surface area contributed by atoms with Gasteiger partial charge in [0.25, 0.3) is 0 Å². The van der Waals surface area contributed by atoms with Gasteiger partial charge in [-0.2, -0.15) is 0 Å². The summed E-state index contributed by atoms with van der Waals surface area (Å²) in [5.74, 6) is -1.26. The van der Waals surface area contributed by atoms with Gasteiger partial charge in [0.15, 0.2) is 0 Å². The van der Waals surface area contributed by atoms with Crippen molar-refractivity contribution in [2.45, 2.75) is 35.4 Å². The van der Waals surface area contributed by atoms with E-state index in [1.54, 1.807) is 42.5 Å². The Balaban J connectivity index is 0.949. The van der Waals surface area contributed by atoms with E-state index < -0.39 is 21.6 Å². The van der Waals surface area contributed by atoms with Gasteiger partial charge in [0.2, 0.25) is 17.7 Å². The maximum absolute atomic E-state index is 13.9. The highest BCUT2D eigenvalue weighted by Crippen LogP contribution is 2.69. The number of anilines is 1. The second-order valence-electron chi connectivity index (χ2n) is 11.9. The van der Waals surface area contributed by atoms with Crippen LogP contribution in [0.1, 0.15) is 47.9 Å². The Morgan fingerprint density at radius 3 is 1.80 bits per heavy atom. The van der Waals surface area contributed by atoms with Gasteiger partial charge in [-0.1, -0.05) is 78.2 Å². The third-order valence-electron chi connectivity index (χ3n) is 9.22. The molecule has 0 aromatic heterocycles. The summed E-state index contributed by atoms with van der Waals surface area (Å²) in [6, 6.07) is 27.2. The van der Waals surface area contributed by atoms with E-state index in [-0.39, 0.29) is 24.3 Å². The largest absolute Gasteiger partial charge is 0.456 e.